The number of hydrogen-bond acceptors (Lipinski definition) is 2. The number of hydrogen-bond donors (Lipinski definition) is 1. The van der Waals surface area contributed by atoms with Crippen LogP contribution in [0.15, 0.2) is 0 Å². The molecule has 2 aliphatic carbocycles. The van der Waals surface area contributed by atoms with Crippen molar-refractivity contribution >= 4 is 5.91 Å². The van der Waals surface area contributed by atoms with Crippen LogP contribution in [-0.2, 0) is 4.79 Å². The zero-order chi connectivity index (χ0) is 11.5. The lowest BCUT2D eigenvalue weighted by Gasteiger charge is -2.19. The maximum atomic E-state index is 12.2. The third kappa shape index (κ3) is 1.48. The molecule has 1 aliphatic heterocycles. The molecule has 0 radical (unpaired) electrons. The van der Waals surface area contributed by atoms with E-state index in [-0.39, 0.29) is 5.41 Å². The molecule has 0 bridgehead atoms. The van der Waals surface area contributed by atoms with Crippen molar-refractivity contribution in [3.63, 3.8) is 0 Å². The molecule has 3 rings (SSSR count). The summed E-state index contributed by atoms with van der Waals surface area (Å²) >= 11 is 0. The molecular formula is C13H22N2O. The molecule has 2 N–H and O–H groups in total. The van der Waals surface area contributed by atoms with Crippen LogP contribution >= 0.6 is 0 Å². The van der Waals surface area contributed by atoms with Crippen LogP contribution in [0.1, 0.15) is 33.1 Å². The number of amides is 1. The summed E-state index contributed by atoms with van der Waals surface area (Å²) in [7, 11) is 0. The van der Waals surface area contributed by atoms with Gasteiger partial charge in [0.15, 0.2) is 0 Å². The molecule has 2 saturated carbocycles. The molecule has 0 aromatic carbocycles. The normalized spacial score (nSPS) is 44.6. The minimum Gasteiger partial charge on any atom is -0.342 e. The molecule has 3 nitrogen and oxygen atoms in total. The maximum Gasteiger partial charge on any atom is 0.226 e. The molecular weight excluding hydrogens is 200 g/mol. The summed E-state index contributed by atoms with van der Waals surface area (Å²) in [6, 6.07) is 0.343. The van der Waals surface area contributed by atoms with Gasteiger partial charge in [-0.1, -0.05) is 13.8 Å². The fourth-order valence-electron chi connectivity index (χ4n) is 3.60. The molecule has 3 aliphatic rings. The molecule has 4 atom stereocenters. The van der Waals surface area contributed by atoms with Crippen LogP contribution in [0.5, 0.6) is 0 Å². The molecule has 0 unspecified atom stereocenters. The Kier molecular flexibility index (Phi) is 2.13. The Morgan fingerprint density at radius 2 is 2.00 bits per heavy atom. The second kappa shape index (κ2) is 3.22. The molecule has 0 aromatic heterocycles. The second-order valence-electron chi connectivity index (χ2n) is 6.65. The van der Waals surface area contributed by atoms with Gasteiger partial charge >= 0.3 is 0 Å². The number of nitrogens with two attached hydrogens (primary N) is 1. The van der Waals surface area contributed by atoms with E-state index in [1.165, 1.54) is 6.42 Å². The number of fused-ring (bicyclic) bond motifs is 1. The van der Waals surface area contributed by atoms with E-state index in [4.69, 9.17) is 5.73 Å². The predicted molar refractivity (Wildman–Crippen MR) is 62.7 cm³/mol. The molecule has 1 amide bonds. The Morgan fingerprint density at radius 1 is 1.31 bits per heavy atom. The molecule has 1 heterocycles. The van der Waals surface area contributed by atoms with Gasteiger partial charge in [0.2, 0.25) is 5.91 Å². The minimum atomic E-state index is 0.261. The van der Waals surface area contributed by atoms with Crippen molar-refractivity contribution in [2.75, 3.05) is 13.1 Å². The Bertz CT molecular complexity index is 326. The van der Waals surface area contributed by atoms with Gasteiger partial charge in [-0.2, -0.15) is 0 Å². The lowest BCUT2D eigenvalue weighted by Crippen LogP contribution is -2.35. The topological polar surface area (TPSA) is 46.3 Å². The van der Waals surface area contributed by atoms with E-state index in [0.29, 0.717) is 29.7 Å². The van der Waals surface area contributed by atoms with Gasteiger partial charge in [0.25, 0.3) is 0 Å². The summed E-state index contributed by atoms with van der Waals surface area (Å²) in [6.07, 6.45) is 3.46. The van der Waals surface area contributed by atoms with Crippen LogP contribution < -0.4 is 5.73 Å². The Balaban J connectivity index is 1.64. The fourth-order valence-corrected chi connectivity index (χ4v) is 3.60. The van der Waals surface area contributed by atoms with E-state index in [2.05, 4.69) is 18.7 Å². The van der Waals surface area contributed by atoms with Crippen LogP contribution in [0.4, 0.5) is 0 Å². The summed E-state index contributed by atoms with van der Waals surface area (Å²) < 4.78 is 0. The molecule has 0 aromatic rings. The number of rotatable bonds is 1. The first kappa shape index (κ1) is 10.6. The SMILES string of the molecule is CC1(C)C[C@@H]1C(=O)N1C[C@@H]2CC[C@@H](N)[C@@H]2C1. The van der Waals surface area contributed by atoms with Crippen LogP contribution in [0.2, 0.25) is 0 Å². The van der Waals surface area contributed by atoms with E-state index in [9.17, 15) is 4.79 Å². The van der Waals surface area contributed by atoms with Gasteiger partial charge < -0.3 is 10.6 Å². The van der Waals surface area contributed by atoms with Gasteiger partial charge in [0, 0.05) is 25.0 Å². The fraction of sp³-hybridized carbons (Fsp3) is 0.923. The number of likely N-dealkylation sites (tertiary alicyclic amines) is 1. The first-order chi connectivity index (χ1) is 7.49. The summed E-state index contributed by atoms with van der Waals surface area (Å²) in [5, 5.41) is 0. The highest BCUT2D eigenvalue weighted by atomic mass is 16.2. The highest BCUT2D eigenvalue weighted by Crippen LogP contribution is 2.53. The molecule has 3 fully saturated rings. The zero-order valence-electron chi connectivity index (χ0n) is 10.3. The molecule has 1 saturated heterocycles. The lowest BCUT2D eigenvalue weighted by molar-refractivity contribution is -0.132. The Labute approximate surface area is 97.4 Å². The van der Waals surface area contributed by atoms with E-state index >= 15 is 0 Å². The van der Waals surface area contributed by atoms with Crippen molar-refractivity contribution in [2.45, 2.75) is 39.2 Å². The van der Waals surface area contributed by atoms with Crippen molar-refractivity contribution in [3.05, 3.63) is 0 Å². The smallest absolute Gasteiger partial charge is 0.226 e. The van der Waals surface area contributed by atoms with Gasteiger partial charge in [-0.3, -0.25) is 4.79 Å². The maximum absolute atomic E-state index is 12.2. The predicted octanol–water partition coefficient (Wildman–Crippen LogP) is 1.23. The number of carbonyl (C=O) groups is 1. The molecule has 3 heteroatoms. The van der Waals surface area contributed by atoms with Gasteiger partial charge in [-0.25, -0.2) is 0 Å². The highest BCUT2D eigenvalue weighted by Gasteiger charge is 2.54. The Morgan fingerprint density at radius 3 is 2.56 bits per heavy atom. The first-order valence-electron chi connectivity index (χ1n) is 6.53. The van der Waals surface area contributed by atoms with E-state index < -0.39 is 0 Å². The van der Waals surface area contributed by atoms with Crippen LogP contribution in [0, 0.1) is 23.2 Å². The average Bonchev–Trinajstić information content (AvgIpc) is 2.63. The van der Waals surface area contributed by atoms with Gasteiger partial charge in [0.1, 0.15) is 0 Å². The standard InChI is InChI=1S/C13H22N2O/c1-13(2)5-10(13)12(16)15-6-8-3-4-11(14)9(8)7-15/h8-11H,3-7,14H2,1-2H3/t8-,9+,10+,11+/m0/s1. The van der Waals surface area contributed by atoms with Gasteiger partial charge in [-0.15, -0.1) is 0 Å². The van der Waals surface area contributed by atoms with Crippen molar-refractivity contribution in [1.29, 1.82) is 0 Å². The number of nitrogens with zero attached hydrogens (tertiary/aromatic N) is 1. The third-order valence-electron chi connectivity index (χ3n) is 5.04. The summed E-state index contributed by atoms with van der Waals surface area (Å²) in [4.78, 5) is 14.3. The molecule has 90 valence electrons. The zero-order valence-corrected chi connectivity index (χ0v) is 10.3. The highest BCUT2D eigenvalue weighted by molar-refractivity contribution is 5.82. The summed E-state index contributed by atoms with van der Waals surface area (Å²) in [5.74, 6) is 1.97. The van der Waals surface area contributed by atoms with Crippen molar-refractivity contribution in [3.8, 4) is 0 Å². The van der Waals surface area contributed by atoms with Crippen LogP contribution in [-0.4, -0.2) is 29.9 Å². The van der Waals surface area contributed by atoms with E-state index in [1.807, 2.05) is 0 Å². The average molecular weight is 222 g/mol. The van der Waals surface area contributed by atoms with Crippen LogP contribution in [0.25, 0.3) is 0 Å². The minimum absolute atomic E-state index is 0.261. The van der Waals surface area contributed by atoms with Crippen molar-refractivity contribution < 1.29 is 4.79 Å². The monoisotopic (exact) mass is 222 g/mol. The largest absolute Gasteiger partial charge is 0.342 e. The lowest BCUT2D eigenvalue weighted by atomic mass is 9.98. The Hall–Kier alpha value is -0.570. The second-order valence-corrected chi connectivity index (χ2v) is 6.65. The summed E-state index contributed by atoms with van der Waals surface area (Å²) in [5.41, 5.74) is 6.35. The van der Waals surface area contributed by atoms with E-state index in [0.717, 1.165) is 25.9 Å². The first-order valence-corrected chi connectivity index (χ1v) is 6.53. The van der Waals surface area contributed by atoms with Crippen molar-refractivity contribution in [1.82, 2.24) is 4.90 Å². The van der Waals surface area contributed by atoms with Gasteiger partial charge in [-0.05, 0) is 36.5 Å². The van der Waals surface area contributed by atoms with Gasteiger partial charge in [0.05, 0.1) is 0 Å². The van der Waals surface area contributed by atoms with Crippen molar-refractivity contribution in [2.24, 2.45) is 28.9 Å². The third-order valence-corrected chi connectivity index (χ3v) is 5.04. The molecule has 0 spiro atoms. The molecule has 16 heavy (non-hydrogen) atoms. The summed E-state index contributed by atoms with van der Waals surface area (Å²) in [6.45, 7) is 6.29. The number of carbonyl (C=O) groups excluding carboxylic acids is 1. The van der Waals surface area contributed by atoms with E-state index in [1.54, 1.807) is 0 Å². The quantitative estimate of drug-likeness (QED) is 0.725. The van der Waals surface area contributed by atoms with Crippen LogP contribution in [0.3, 0.4) is 0 Å².